The second kappa shape index (κ2) is 12.5. The van der Waals surface area contributed by atoms with Crippen LogP contribution in [0.5, 0.6) is 5.75 Å². The predicted molar refractivity (Wildman–Crippen MR) is 136 cm³/mol. The van der Waals surface area contributed by atoms with Crippen LogP contribution in [0.1, 0.15) is 13.3 Å². The summed E-state index contributed by atoms with van der Waals surface area (Å²) >= 11 is 9.13. The minimum atomic E-state index is 0. The molecule has 0 aliphatic heterocycles. The third-order valence-corrected chi connectivity index (χ3v) is 6.67. The average Bonchev–Trinajstić information content (AvgIpc) is 3.12. The Morgan fingerprint density at radius 3 is 2.58 bits per heavy atom. The van der Waals surface area contributed by atoms with Gasteiger partial charge in [0.25, 0.3) is 0 Å². The van der Waals surface area contributed by atoms with Crippen molar-refractivity contribution in [1.82, 2.24) is 9.88 Å². The maximum absolute atomic E-state index is 13.1. The molecule has 0 aliphatic carbocycles. The second-order valence-electron chi connectivity index (χ2n) is 6.96. The van der Waals surface area contributed by atoms with Gasteiger partial charge in [0.2, 0.25) is 5.91 Å². The van der Waals surface area contributed by atoms with Gasteiger partial charge in [-0.15, -0.1) is 24.2 Å². The van der Waals surface area contributed by atoms with Crippen LogP contribution in [0.25, 0.3) is 10.2 Å². The molecule has 1 heterocycles. The van der Waals surface area contributed by atoms with Crippen molar-refractivity contribution in [2.45, 2.75) is 18.2 Å². The van der Waals surface area contributed by atoms with E-state index in [1.54, 1.807) is 11.8 Å². The summed E-state index contributed by atoms with van der Waals surface area (Å²) in [5.41, 5.74) is 0.886. The summed E-state index contributed by atoms with van der Waals surface area (Å²) in [6, 6.07) is 13.6. The van der Waals surface area contributed by atoms with Crippen LogP contribution in [0.15, 0.2) is 47.4 Å². The van der Waals surface area contributed by atoms with E-state index in [1.165, 1.54) is 11.3 Å². The number of hydrogen-bond donors (Lipinski definition) is 0. The van der Waals surface area contributed by atoms with E-state index < -0.39 is 0 Å². The van der Waals surface area contributed by atoms with Crippen LogP contribution < -0.4 is 9.64 Å². The van der Waals surface area contributed by atoms with Crippen molar-refractivity contribution in [3.8, 4) is 5.75 Å². The molecule has 5 nitrogen and oxygen atoms in total. The fraction of sp³-hybridized carbons (Fsp3) is 0.364. The zero-order valence-electron chi connectivity index (χ0n) is 17.8. The van der Waals surface area contributed by atoms with Gasteiger partial charge in [0.1, 0.15) is 5.75 Å². The lowest BCUT2D eigenvalue weighted by molar-refractivity contribution is -0.118. The SMILES string of the molecule is CCOc1ccc2nc(N(CCN(C)C)C(=O)CCSc3ccc(Cl)cc3)sc2c1.Cl. The molecule has 0 fully saturated rings. The number of thioether (sulfide) groups is 1. The molecule has 3 rings (SSSR count). The number of halogens is 2. The highest BCUT2D eigenvalue weighted by Crippen LogP contribution is 2.32. The molecule has 0 saturated heterocycles. The summed E-state index contributed by atoms with van der Waals surface area (Å²) < 4.78 is 6.62. The van der Waals surface area contributed by atoms with E-state index in [2.05, 4.69) is 4.90 Å². The van der Waals surface area contributed by atoms with Gasteiger partial charge in [-0.05, 0) is 63.5 Å². The minimum Gasteiger partial charge on any atom is -0.494 e. The zero-order valence-corrected chi connectivity index (χ0v) is 21.0. The maximum Gasteiger partial charge on any atom is 0.229 e. The Labute approximate surface area is 203 Å². The number of hydrogen-bond acceptors (Lipinski definition) is 6. The first kappa shape index (κ1) is 25.7. The van der Waals surface area contributed by atoms with Gasteiger partial charge in [0.05, 0.1) is 16.8 Å². The van der Waals surface area contributed by atoms with Crippen LogP contribution in [0.4, 0.5) is 5.13 Å². The molecule has 1 aromatic heterocycles. The number of aromatic nitrogens is 1. The quantitative estimate of drug-likeness (QED) is 0.327. The van der Waals surface area contributed by atoms with Crippen molar-refractivity contribution < 1.29 is 9.53 Å². The number of nitrogens with zero attached hydrogens (tertiary/aromatic N) is 3. The zero-order chi connectivity index (χ0) is 21.5. The second-order valence-corrected chi connectivity index (χ2v) is 9.57. The van der Waals surface area contributed by atoms with E-state index in [-0.39, 0.29) is 18.3 Å². The number of carbonyl (C=O) groups is 1. The Kier molecular flexibility index (Phi) is 10.4. The number of amides is 1. The minimum absolute atomic E-state index is 0. The number of carbonyl (C=O) groups excluding carboxylic acids is 1. The average molecular weight is 501 g/mol. The van der Waals surface area contributed by atoms with Crippen LogP contribution in [-0.2, 0) is 4.79 Å². The van der Waals surface area contributed by atoms with Gasteiger partial charge in [-0.1, -0.05) is 22.9 Å². The Morgan fingerprint density at radius 2 is 1.90 bits per heavy atom. The highest BCUT2D eigenvalue weighted by atomic mass is 35.5. The molecule has 9 heteroatoms. The first-order chi connectivity index (χ1) is 14.5. The molecule has 168 valence electrons. The highest BCUT2D eigenvalue weighted by Gasteiger charge is 2.20. The molecule has 3 aromatic rings. The van der Waals surface area contributed by atoms with Crippen molar-refractivity contribution in [1.29, 1.82) is 0 Å². The van der Waals surface area contributed by atoms with Crippen molar-refractivity contribution >= 4 is 68.4 Å². The Hall–Kier alpha value is -1.51. The topological polar surface area (TPSA) is 45.7 Å². The standard InChI is InChI=1S/C22H26ClN3O2S2.ClH/c1-4-28-17-7-10-19-20(15-17)30-22(24-19)26(13-12-25(2)3)21(27)11-14-29-18-8-5-16(23)6-9-18;/h5-10,15H,4,11-14H2,1-3H3;1H. The van der Waals surface area contributed by atoms with Gasteiger partial charge >= 0.3 is 0 Å². The number of anilines is 1. The fourth-order valence-electron chi connectivity index (χ4n) is 2.81. The van der Waals surface area contributed by atoms with Gasteiger partial charge in [0.15, 0.2) is 5.13 Å². The normalized spacial score (nSPS) is 10.9. The van der Waals surface area contributed by atoms with Crippen molar-refractivity contribution in [3.05, 3.63) is 47.5 Å². The molecule has 0 saturated carbocycles. The summed E-state index contributed by atoms with van der Waals surface area (Å²) in [7, 11) is 4.01. The molecular weight excluding hydrogens is 473 g/mol. The summed E-state index contributed by atoms with van der Waals surface area (Å²) in [5, 5.41) is 1.45. The molecule has 1 amide bonds. The Morgan fingerprint density at radius 1 is 1.16 bits per heavy atom. The number of benzene rings is 2. The molecule has 2 aromatic carbocycles. The molecule has 0 N–H and O–H groups in total. The van der Waals surface area contributed by atoms with E-state index in [9.17, 15) is 4.79 Å². The predicted octanol–water partition coefficient (Wildman–Crippen LogP) is 5.85. The summed E-state index contributed by atoms with van der Waals surface area (Å²) in [6.45, 7) is 3.97. The van der Waals surface area contributed by atoms with Crippen molar-refractivity contribution in [2.75, 3.05) is 44.4 Å². The lowest BCUT2D eigenvalue weighted by Crippen LogP contribution is -2.36. The highest BCUT2D eigenvalue weighted by molar-refractivity contribution is 7.99. The van der Waals surface area contributed by atoms with E-state index in [1.807, 2.05) is 68.4 Å². The number of thiazole rings is 1. The first-order valence-electron chi connectivity index (χ1n) is 9.83. The third-order valence-electron chi connectivity index (χ3n) is 4.36. The molecule has 0 aliphatic rings. The number of likely N-dealkylation sites (N-methyl/N-ethyl adjacent to an activating group) is 1. The molecule has 31 heavy (non-hydrogen) atoms. The summed E-state index contributed by atoms with van der Waals surface area (Å²) in [5.74, 6) is 1.62. The van der Waals surface area contributed by atoms with Crippen molar-refractivity contribution in [2.24, 2.45) is 0 Å². The molecule has 0 spiro atoms. The largest absolute Gasteiger partial charge is 0.494 e. The lowest BCUT2D eigenvalue weighted by Gasteiger charge is -2.22. The molecule has 0 radical (unpaired) electrons. The van der Waals surface area contributed by atoms with Gasteiger partial charge in [-0.3, -0.25) is 9.69 Å². The van der Waals surface area contributed by atoms with Gasteiger partial charge < -0.3 is 9.64 Å². The van der Waals surface area contributed by atoms with Gasteiger partial charge in [-0.25, -0.2) is 4.98 Å². The molecular formula is C22H27Cl2N3O2S2. The fourth-order valence-corrected chi connectivity index (χ4v) is 4.82. The number of ether oxygens (including phenoxy) is 1. The Balaban J connectivity index is 0.00000341. The van der Waals surface area contributed by atoms with E-state index in [0.29, 0.717) is 30.3 Å². The summed E-state index contributed by atoms with van der Waals surface area (Å²) in [6.07, 6.45) is 0.445. The smallest absolute Gasteiger partial charge is 0.229 e. The maximum atomic E-state index is 13.1. The Bertz CT molecular complexity index is 981. The first-order valence-corrected chi connectivity index (χ1v) is 12.0. The lowest BCUT2D eigenvalue weighted by atomic mass is 10.3. The van der Waals surface area contributed by atoms with E-state index in [0.717, 1.165) is 32.5 Å². The monoisotopic (exact) mass is 499 g/mol. The van der Waals surface area contributed by atoms with Gasteiger partial charge in [-0.2, -0.15) is 0 Å². The third kappa shape index (κ3) is 7.54. The van der Waals surface area contributed by atoms with Crippen LogP contribution in [-0.4, -0.2) is 55.3 Å². The van der Waals surface area contributed by atoms with Crippen LogP contribution in [0.2, 0.25) is 5.02 Å². The molecule has 0 atom stereocenters. The molecule has 0 unspecified atom stereocenters. The van der Waals surface area contributed by atoms with Gasteiger partial charge in [0, 0.05) is 35.2 Å². The van der Waals surface area contributed by atoms with E-state index >= 15 is 0 Å². The van der Waals surface area contributed by atoms with Crippen molar-refractivity contribution in [3.63, 3.8) is 0 Å². The van der Waals surface area contributed by atoms with Crippen LogP contribution >= 0.6 is 47.1 Å². The van der Waals surface area contributed by atoms with Crippen LogP contribution in [0.3, 0.4) is 0 Å². The summed E-state index contributed by atoms with van der Waals surface area (Å²) in [4.78, 5) is 22.8. The van der Waals surface area contributed by atoms with E-state index in [4.69, 9.17) is 21.3 Å². The number of rotatable bonds is 10. The van der Waals surface area contributed by atoms with Crippen LogP contribution in [0, 0.1) is 0 Å². The number of fused-ring (bicyclic) bond motifs is 1. The molecule has 0 bridgehead atoms.